The van der Waals surface area contributed by atoms with Crippen LogP contribution in [0.2, 0.25) is 0 Å². The maximum Gasteiger partial charge on any atom is 0.278 e. The van der Waals surface area contributed by atoms with E-state index in [0.717, 1.165) is 11.1 Å². The average molecular weight is 377 g/mol. The maximum atomic E-state index is 13.1. The number of aromatic nitrogens is 4. The number of fused-ring (bicyclic) bond motifs is 2. The summed E-state index contributed by atoms with van der Waals surface area (Å²) in [5.74, 6) is 0.365. The summed E-state index contributed by atoms with van der Waals surface area (Å²) in [5.41, 5.74) is 15.3. The van der Waals surface area contributed by atoms with Crippen molar-refractivity contribution in [3.63, 3.8) is 0 Å². The monoisotopic (exact) mass is 377 g/mol. The van der Waals surface area contributed by atoms with Gasteiger partial charge in [0.05, 0.1) is 12.1 Å². The summed E-state index contributed by atoms with van der Waals surface area (Å²) in [7, 11) is 0. The van der Waals surface area contributed by atoms with Crippen LogP contribution in [0, 0.1) is 6.92 Å². The highest BCUT2D eigenvalue weighted by Crippen LogP contribution is 2.16. The van der Waals surface area contributed by atoms with Gasteiger partial charge in [-0.15, -0.1) is 0 Å². The minimum atomic E-state index is -0.198. The van der Waals surface area contributed by atoms with Crippen LogP contribution >= 0.6 is 12.2 Å². The Balaban J connectivity index is 2.14. The molecule has 0 saturated heterocycles. The van der Waals surface area contributed by atoms with Crippen molar-refractivity contribution >= 4 is 39.7 Å². The van der Waals surface area contributed by atoms with E-state index in [9.17, 15) is 4.79 Å². The second kappa shape index (κ2) is 6.40. The van der Waals surface area contributed by atoms with Gasteiger partial charge < -0.3 is 11.5 Å². The Labute approximate surface area is 159 Å². The standard InChI is InChI=1S/C19H16N6OS/c1-11-4-3-7-24-17(11)23-18-14(19(24)26)8-13(16(21)27)15(20)25(18)10-12-5-2-6-22-9-12/h2-9,20H,10H2,1H3,(H2,21,27)/p+1. The number of hydrogen-bond donors (Lipinski definition) is 2. The Morgan fingerprint density at radius 1 is 1.33 bits per heavy atom. The van der Waals surface area contributed by atoms with Crippen molar-refractivity contribution in [2.75, 3.05) is 5.73 Å². The Hall–Kier alpha value is -3.39. The smallest absolute Gasteiger partial charge is 0.278 e. The number of anilines is 1. The molecule has 0 bridgehead atoms. The van der Waals surface area contributed by atoms with Crippen LogP contribution in [0.25, 0.3) is 16.7 Å². The molecule has 0 aliphatic carbocycles. The molecule has 0 unspecified atom stereocenters. The van der Waals surface area contributed by atoms with Crippen LogP contribution < -0.4 is 21.6 Å². The van der Waals surface area contributed by atoms with Gasteiger partial charge >= 0.3 is 0 Å². The molecule has 0 spiro atoms. The second-order valence-corrected chi connectivity index (χ2v) is 6.73. The van der Waals surface area contributed by atoms with Crippen LogP contribution in [0.3, 0.4) is 0 Å². The molecule has 4 N–H and O–H groups in total. The number of hydrogen-bond acceptors (Lipinski definition) is 5. The molecular formula is C19H17N6OS+. The van der Waals surface area contributed by atoms with Crippen LogP contribution in [0.15, 0.2) is 53.7 Å². The lowest BCUT2D eigenvalue weighted by molar-refractivity contribution is -0.649. The SMILES string of the molecule is Cc1cccn2c(=O)c3cc(C(N)=S)c(N)[n+](Cc4cccnc4)c3nc12. The number of pyridine rings is 3. The molecule has 0 aliphatic rings. The Morgan fingerprint density at radius 2 is 2.15 bits per heavy atom. The molecule has 7 nitrogen and oxygen atoms in total. The molecule has 8 heteroatoms. The third-order valence-corrected chi connectivity index (χ3v) is 4.72. The zero-order chi connectivity index (χ0) is 19.1. The molecule has 0 amide bonds. The Kier molecular flexibility index (Phi) is 4.04. The largest absolute Gasteiger partial charge is 0.389 e. The van der Waals surface area contributed by atoms with E-state index in [2.05, 4.69) is 4.98 Å². The van der Waals surface area contributed by atoms with Crippen molar-refractivity contribution in [2.45, 2.75) is 13.5 Å². The normalized spacial score (nSPS) is 11.1. The summed E-state index contributed by atoms with van der Waals surface area (Å²) < 4.78 is 3.28. The number of nitrogen functional groups attached to an aromatic ring is 1. The van der Waals surface area contributed by atoms with Gasteiger partial charge in [0.2, 0.25) is 11.5 Å². The minimum Gasteiger partial charge on any atom is -0.389 e. The van der Waals surface area contributed by atoms with E-state index in [1.807, 2.05) is 31.2 Å². The van der Waals surface area contributed by atoms with Crippen molar-refractivity contribution in [1.82, 2.24) is 14.4 Å². The number of aryl methyl sites for hydroxylation is 1. The summed E-state index contributed by atoms with van der Waals surface area (Å²) >= 11 is 5.14. The van der Waals surface area contributed by atoms with E-state index in [4.69, 9.17) is 28.7 Å². The lowest BCUT2D eigenvalue weighted by Crippen LogP contribution is -2.42. The van der Waals surface area contributed by atoms with Crippen molar-refractivity contribution in [1.29, 1.82) is 0 Å². The summed E-state index contributed by atoms with van der Waals surface area (Å²) in [6.07, 6.45) is 5.13. The predicted molar refractivity (Wildman–Crippen MR) is 108 cm³/mol. The first-order chi connectivity index (χ1) is 13.0. The van der Waals surface area contributed by atoms with Gasteiger partial charge in [-0.2, -0.15) is 0 Å². The molecule has 4 rings (SSSR count). The zero-order valence-electron chi connectivity index (χ0n) is 14.6. The van der Waals surface area contributed by atoms with Gasteiger partial charge in [-0.25, -0.2) is 4.57 Å². The molecule has 134 valence electrons. The molecule has 27 heavy (non-hydrogen) atoms. The van der Waals surface area contributed by atoms with E-state index >= 15 is 0 Å². The van der Waals surface area contributed by atoms with Crippen molar-refractivity contribution in [3.05, 3.63) is 76.0 Å². The van der Waals surface area contributed by atoms with Crippen molar-refractivity contribution in [2.24, 2.45) is 5.73 Å². The lowest BCUT2D eigenvalue weighted by Gasteiger charge is -2.12. The van der Waals surface area contributed by atoms with Crippen molar-refractivity contribution < 1.29 is 4.57 Å². The summed E-state index contributed by atoms with van der Waals surface area (Å²) in [6.45, 7) is 2.30. The van der Waals surface area contributed by atoms with Crippen LogP contribution in [-0.2, 0) is 6.54 Å². The first kappa shape index (κ1) is 17.0. The fraction of sp³-hybridized carbons (Fsp3) is 0.105. The number of nitrogens with zero attached hydrogens (tertiary/aromatic N) is 4. The van der Waals surface area contributed by atoms with Crippen molar-refractivity contribution in [3.8, 4) is 0 Å². The minimum absolute atomic E-state index is 0.128. The highest BCUT2D eigenvalue weighted by atomic mass is 32.1. The van der Waals surface area contributed by atoms with Crippen LogP contribution in [0.1, 0.15) is 16.7 Å². The first-order valence-electron chi connectivity index (χ1n) is 8.30. The molecule has 0 atom stereocenters. The van der Waals surface area contributed by atoms with Crippen LogP contribution in [0.4, 0.5) is 5.82 Å². The van der Waals surface area contributed by atoms with Crippen LogP contribution in [-0.4, -0.2) is 19.4 Å². The Morgan fingerprint density at radius 3 is 2.85 bits per heavy atom. The van der Waals surface area contributed by atoms with Gasteiger partial charge in [-0.1, -0.05) is 29.3 Å². The third-order valence-electron chi connectivity index (χ3n) is 4.50. The van der Waals surface area contributed by atoms with Gasteiger partial charge in [0.1, 0.15) is 10.4 Å². The van der Waals surface area contributed by atoms with Gasteiger partial charge in [0.25, 0.3) is 11.2 Å². The number of nitrogens with two attached hydrogens (primary N) is 2. The summed E-state index contributed by atoms with van der Waals surface area (Å²) in [6, 6.07) is 9.11. The van der Waals surface area contributed by atoms with Gasteiger partial charge in [-0.3, -0.25) is 14.2 Å². The topological polar surface area (TPSA) is 103 Å². The van der Waals surface area contributed by atoms with Gasteiger partial charge in [0, 0.05) is 29.7 Å². The third kappa shape index (κ3) is 2.80. The molecular weight excluding hydrogens is 360 g/mol. The first-order valence-corrected chi connectivity index (χ1v) is 8.71. The molecule has 4 heterocycles. The Bertz CT molecular complexity index is 1270. The highest BCUT2D eigenvalue weighted by Gasteiger charge is 2.22. The van der Waals surface area contributed by atoms with E-state index in [1.54, 1.807) is 29.2 Å². The summed E-state index contributed by atoms with van der Waals surface area (Å²) in [4.78, 5) is 22.1. The molecule has 0 aromatic carbocycles. The van der Waals surface area contributed by atoms with Crippen LogP contribution in [0.5, 0.6) is 0 Å². The zero-order valence-corrected chi connectivity index (χ0v) is 15.4. The maximum absolute atomic E-state index is 13.1. The molecule has 0 saturated carbocycles. The highest BCUT2D eigenvalue weighted by molar-refractivity contribution is 7.80. The second-order valence-electron chi connectivity index (χ2n) is 6.29. The average Bonchev–Trinajstić information content (AvgIpc) is 2.66. The number of rotatable bonds is 3. The summed E-state index contributed by atoms with van der Waals surface area (Å²) in [5, 5.41) is 0.402. The van der Waals surface area contributed by atoms with Gasteiger partial charge in [0.15, 0.2) is 0 Å². The van der Waals surface area contributed by atoms with E-state index in [-0.39, 0.29) is 10.5 Å². The van der Waals surface area contributed by atoms with Gasteiger partial charge in [-0.05, 0) is 25.1 Å². The van der Waals surface area contributed by atoms with E-state index in [0.29, 0.717) is 34.6 Å². The lowest BCUT2D eigenvalue weighted by atomic mass is 10.1. The molecule has 0 radical (unpaired) electrons. The molecule has 4 aromatic rings. The quantitative estimate of drug-likeness (QED) is 0.315. The van der Waals surface area contributed by atoms with E-state index < -0.39 is 0 Å². The van der Waals surface area contributed by atoms with E-state index in [1.165, 1.54) is 4.40 Å². The molecule has 0 aliphatic heterocycles. The fourth-order valence-corrected chi connectivity index (χ4v) is 3.31. The predicted octanol–water partition coefficient (Wildman–Crippen LogP) is 1.10. The molecule has 0 fully saturated rings. The number of thiocarbonyl (C=S) groups is 1. The molecule has 4 aromatic heterocycles. The fourth-order valence-electron chi connectivity index (χ4n) is 3.14.